The van der Waals surface area contributed by atoms with Gasteiger partial charge in [0.2, 0.25) is 0 Å². The molecule has 1 aliphatic rings. The van der Waals surface area contributed by atoms with Gasteiger partial charge < -0.3 is 24.8 Å². The molecule has 1 aliphatic heterocycles. The van der Waals surface area contributed by atoms with Crippen molar-refractivity contribution in [1.29, 1.82) is 0 Å². The zero-order valence-electron chi connectivity index (χ0n) is 17.8. The Bertz CT molecular complexity index is 752. The first-order valence-electron chi connectivity index (χ1n) is 10.5. The predicted octanol–water partition coefficient (Wildman–Crippen LogP) is 2.20. The summed E-state index contributed by atoms with van der Waals surface area (Å²) in [5.74, 6) is 1.51. The monoisotopic (exact) mass is 402 g/mol. The Labute approximate surface area is 173 Å². The second-order valence-corrected chi connectivity index (χ2v) is 7.79. The first-order chi connectivity index (χ1) is 14.1. The Hall–Kier alpha value is -2.09. The molecule has 0 amide bonds. The Morgan fingerprint density at radius 1 is 1.28 bits per heavy atom. The van der Waals surface area contributed by atoms with Crippen LogP contribution in [0, 0.1) is 13.8 Å². The third kappa shape index (κ3) is 6.19. The maximum Gasteiger partial charge on any atom is 0.127 e. The van der Waals surface area contributed by atoms with Crippen LogP contribution in [0.4, 0.5) is 0 Å². The fourth-order valence-corrected chi connectivity index (χ4v) is 3.82. The zero-order chi connectivity index (χ0) is 20.6. The van der Waals surface area contributed by atoms with Gasteiger partial charge in [0.15, 0.2) is 0 Å². The van der Waals surface area contributed by atoms with Crippen LogP contribution in [0.3, 0.4) is 0 Å². The summed E-state index contributed by atoms with van der Waals surface area (Å²) >= 11 is 0. The molecular formula is C22H34N4O3. The van der Waals surface area contributed by atoms with Gasteiger partial charge in [0.25, 0.3) is 0 Å². The van der Waals surface area contributed by atoms with Crippen LogP contribution >= 0.6 is 0 Å². The lowest BCUT2D eigenvalue weighted by atomic mass is 10.1. The molecule has 0 aliphatic carbocycles. The van der Waals surface area contributed by atoms with Crippen LogP contribution in [0.25, 0.3) is 0 Å². The summed E-state index contributed by atoms with van der Waals surface area (Å²) in [5.41, 5.74) is 4.52. The van der Waals surface area contributed by atoms with Crippen molar-refractivity contribution in [3.63, 3.8) is 0 Å². The number of nitrogens with zero attached hydrogens (tertiary/aromatic N) is 2. The van der Waals surface area contributed by atoms with Gasteiger partial charge in [-0.3, -0.25) is 5.10 Å². The second-order valence-electron chi connectivity index (χ2n) is 7.79. The van der Waals surface area contributed by atoms with E-state index in [4.69, 9.17) is 9.47 Å². The van der Waals surface area contributed by atoms with Crippen molar-refractivity contribution < 1.29 is 14.6 Å². The summed E-state index contributed by atoms with van der Waals surface area (Å²) in [6.07, 6.45) is 2.87. The van der Waals surface area contributed by atoms with Crippen molar-refractivity contribution in [2.75, 3.05) is 39.9 Å². The number of aromatic amines is 1. The number of hydrogen-bond donors (Lipinski definition) is 3. The van der Waals surface area contributed by atoms with E-state index in [1.54, 1.807) is 7.11 Å². The quantitative estimate of drug-likeness (QED) is 0.500. The standard InChI is InChI=1S/C22H34N4O3/c1-16-21(17(2)25-24-16)8-9-23-13-18-6-7-20(28-3)12-22(18)29-15-19(27)14-26-10-4-5-11-26/h6-7,12,19,23,27H,4-5,8-11,13-15H2,1-3H3,(H,24,25). The van der Waals surface area contributed by atoms with E-state index in [1.807, 2.05) is 25.1 Å². The van der Waals surface area contributed by atoms with E-state index in [0.29, 0.717) is 13.1 Å². The van der Waals surface area contributed by atoms with Crippen molar-refractivity contribution in [3.05, 3.63) is 40.7 Å². The van der Waals surface area contributed by atoms with Crippen molar-refractivity contribution in [1.82, 2.24) is 20.4 Å². The van der Waals surface area contributed by atoms with Gasteiger partial charge in [-0.15, -0.1) is 0 Å². The van der Waals surface area contributed by atoms with Crippen molar-refractivity contribution >= 4 is 0 Å². The molecule has 0 saturated carbocycles. The van der Waals surface area contributed by atoms with E-state index < -0.39 is 6.10 Å². The number of likely N-dealkylation sites (tertiary alicyclic amines) is 1. The molecule has 1 atom stereocenters. The smallest absolute Gasteiger partial charge is 0.127 e. The van der Waals surface area contributed by atoms with Crippen LogP contribution in [0.2, 0.25) is 0 Å². The van der Waals surface area contributed by atoms with Gasteiger partial charge >= 0.3 is 0 Å². The maximum atomic E-state index is 10.3. The first-order valence-corrected chi connectivity index (χ1v) is 10.5. The number of nitrogens with one attached hydrogen (secondary N) is 2. The summed E-state index contributed by atoms with van der Waals surface area (Å²) in [4.78, 5) is 2.29. The molecule has 1 saturated heterocycles. The number of aliphatic hydroxyl groups excluding tert-OH is 1. The van der Waals surface area contributed by atoms with E-state index in [1.165, 1.54) is 18.4 Å². The number of rotatable bonds is 11. The van der Waals surface area contributed by atoms with E-state index >= 15 is 0 Å². The number of aromatic nitrogens is 2. The molecule has 0 radical (unpaired) electrons. The fraction of sp³-hybridized carbons (Fsp3) is 0.591. The highest BCUT2D eigenvalue weighted by Gasteiger charge is 2.17. The second kappa shape index (κ2) is 10.6. The van der Waals surface area contributed by atoms with E-state index in [0.717, 1.165) is 54.5 Å². The minimum atomic E-state index is -0.493. The molecule has 7 heteroatoms. The average molecular weight is 403 g/mol. The topological polar surface area (TPSA) is 82.6 Å². The van der Waals surface area contributed by atoms with Crippen LogP contribution in [-0.2, 0) is 13.0 Å². The van der Waals surface area contributed by atoms with Crippen LogP contribution in [0.15, 0.2) is 18.2 Å². The largest absolute Gasteiger partial charge is 0.497 e. The molecule has 1 fully saturated rings. The number of methoxy groups -OCH3 is 1. The Kier molecular flexibility index (Phi) is 7.91. The van der Waals surface area contributed by atoms with Gasteiger partial charge in [-0.05, 0) is 64.4 Å². The molecule has 0 bridgehead atoms. The highest BCUT2D eigenvalue weighted by molar-refractivity contribution is 5.40. The third-order valence-corrected chi connectivity index (χ3v) is 5.52. The number of aliphatic hydroxyl groups is 1. The highest BCUT2D eigenvalue weighted by atomic mass is 16.5. The summed E-state index contributed by atoms with van der Waals surface area (Å²) in [7, 11) is 1.65. The van der Waals surface area contributed by atoms with Crippen LogP contribution in [0.5, 0.6) is 11.5 Å². The van der Waals surface area contributed by atoms with E-state index in [9.17, 15) is 5.11 Å². The number of H-pyrrole nitrogens is 1. The van der Waals surface area contributed by atoms with Crippen LogP contribution < -0.4 is 14.8 Å². The van der Waals surface area contributed by atoms with Gasteiger partial charge in [0.05, 0.1) is 12.8 Å². The van der Waals surface area contributed by atoms with Crippen LogP contribution in [-0.4, -0.2) is 66.2 Å². The van der Waals surface area contributed by atoms with Gasteiger partial charge in [0, 0.05) is 30.4 Å². The third-order valence-electron chi connectivity index (χ3n) is 5.52. The van der Waals surface area contributed by atoms with Crippen molar-refractivity contribution in [2.45, 2.75) is 45.8 Å². The van der Waals surface area contributed by atoms with Gasteiger partial charge in [-0.2, -0.15) is 5.10 Å². The molecule has 1 aromatic heterocycles. The lowest BCUT2D eigenvalue weighted by Crippen LogP contribution is -2.33. The minimum Gasteiger partial charge on any atom is -0.497 e. The Morgan fingerprint density at radius 2 is 2.07 bits per heavy atom. The number of β-amino-alcohol motifs (C(OH)–C–C–N with tert-alkyl or cyclic N) is 1. The number of hydrogen-bond acceptors (Lipinski definition) is 6. The first kappa shape index (κ1) is 21.6. The molecule has 2 aromatic rings. The average Bonchev–Trinajstić information content (AvgIpc) is 3.34. The van der Waals surface area contributed by atoms with E-state index in [-0.39, 0.29) is 6.61 Å². The van der Waals surface area contributed by atoms with E-state index in [2.05, 4.69) is 27.3 Å². The van der Waals surface area contributed by atoms with Gasteiger partial charge in [-0.1, -0.05) is 6.07 Å². The van der Waals surface area contributed by atoms with Crippen molar-refractivity contribution in [2.24, 2.45) is 0 Å². The molecular weight excluding hydrogens is 368 g/mol. The summed E-state index contributed by atoms with van der Waals surface area (Å²) in [6.45, 7) is 8.72. The van der Waals surface area contributed by atoms with Gasteiger partial charge in [-0.25, -0.2) is 0 Å². The highest BCUT2D eigenvalue weighted by Crippen LogP contribution is 2.25. The molecule has 7 nitrogen and oxygen atoms in total. The molecule has 3 N–H and O–H groups in total. The summed E-state index contributed by atoms with van der Waals surface area (Å²) < 4.78 is 11.3. The molecule has 1 aromatic carbocycles. The normalized spacial score (nSPS) is 15.6. The number of ether oxygens (including phenoxy) is 2. The van der Waals surface area contributed by atoms with Crippen molar-refractivity contribution in [3.8, 4) is 11.5 Å². The molecule has 160 valence electrons. The van der Waals surface area contributed by atoms with Gasteiger partial charge in [0.1, 0.15) is 24.2 Å². The van der Waals surface area contributed by atoms with Crippen LogP contribution in [0.1, 0.15) is 35.4 Å². The molecule has 2 heterocycles. The molecule has 29 heavy (non-hydrogen) atoms. The zero-order valence-corrected chi connectivity index (χ0v) is 17.8. The lowest BCUT2D eigenvalue weighted by Gasteiger charge is -2.20. The minimum absolute atomic E-state index is 0.282. The predicted molar refractivity (Wildman–Crippen MR) is 114 cm³/mol. The Balaban J connectivity index is 1.52. The fourth-order valence-electron chi connectivity index (χ4n) is 3.82. The Morgan fingerprint density at radius 3 is 2.76 bits per heavy atom. The lowest BCUT2D eigenvalue weighted by molar-refractivity contribution is 0.0753. The number of benzene rings is 1. The maximum absolute atomic E-state index is 10.3. The molecule has 0 spiro atoms. The molecule has 3 rings (SSSR count). The summed E-state index contributed by atoms with van der Waals surface area (Å²) in [6, 6.07) is 5.85. The molecule has 1 unspecified atom stereocenters. The SMILES string of the molecule is COc1ccc(CNCCc2c(C)n[nH]c2C)c(OCC(O)CN2CCCC2)c1. The number of aryl methyl sites for hydroxylation is 2. The summed E-state index contributed by atoms with van der Waals surface area (Å²) in [5, 5.41) is 21.1.